The Balaban J connectivity index is 1.17. The molecule has 6 atom stereocenters. The molecule has 2 bridgehead atoms. The Kier molecular flexibility index (Phi) is 9.01. The smallest absolute Gasteiger partial charge is 0.226 e. The van der Waals surface area contributed by atoms with E-state index in [2.05, 4.69) is 33.1 Å². The molecule has 0 radical (unpaired) electrons. The molecule has 3 aliphatic heterocycles. The fourth-order valence-electron chi connectivity index (χ4n) is 9.88. The minimum atomic E-state index is -1.02. The number of pyridine rings is 2. The fourth-order valence-corrected chi connectivity index (χ4v) is 10.3. The molecule has 1 amide bonds. The van der Waals surface area contributed by atoms with Crippen LogP contribution in [-0.2, 0) is 11.2 Å². The lowest BCUT2D eigenvalue weighted by atomic mass is 9.79. The third kappa shape index (κ3) is 5.88. The van der Waals surface area contributed by atoms with Crippen LogP contribution in [0.1, 0.15) is 105 Å². The Morgan fingerprint density at radius 2 is 1.98 bits per heavy atom. The Morgan fingerprint density at radius 1 is 1.14 bits per heavy atom. The number of nitrogens with zero attached hydrogens (tertiary/aromatic N) is 5. The summed E-state index contributed by atoms with van der Waals surface area (Å²) in [7, 11) is 0. The molecule has 288 valence electrons. The number of benzene rings is 2. The van der Waals surface area contributed by atoms with Crippen molar-refractivity contribution < 1.29 is 19.0 Å². The summed E-state index contributed by atoms with van der Waals surface area (Å²) < 4.78 is 26.5. The maximum Gasteiger partial charge on any atom is 0.226 e. The molecule has 2 aromatic carbocycles. The van der Waals surface area contributed by atoms with Gasteiger partial charge in [-0.2, -0.15) is 5.26 Å². The number of fused-ring (bicyclic) bond motifs is 4. The zero-order chi connectivity index (χ0) is 38.4. The van der Waals surface area contributed by atoms with Crippen molar-refractivity contribution in [2.75, 3.05) is 13.1 Å². The van der Waals surface area contributed by atoms with Gasteiger partial charge in [0.2, 0.25) is 5.91 Å². The molecule has 5 aromatic rings. The molecule has 56 heavy (non-hydrogen) atoms. The van der Waals surface area contributed by atoms with Gasteiger partial charge >= 0.3 is 0 Å². The average molecular weight is 794 g/mol. The highest BCUT2D eigenvalue weighted by atomic mass is 35.5. The molecule has 9 nitrogen and oxygen atoms in total. The number of carbonyl (C=O) groups excluding carboxylic acids is 1. The van der Waals surface area contributed by atoms with E-state index in [0.29, 0.717) is 52.0 Å². The third-order valence-corrected chi connectivity index (χ3v) is 13.9. The lowest BCUT2D eigenvalue weighted by Crippen LogP contribution is -2.41. The van der Waals surface area contributed by atoms with Crippen molar-refractivity contribution in [1.29, 1.82) is 5.26 Å². The number of carbonyl (C=O) groups is 1. The molecule has 3 aliphatic carbocycles. The summed E-state index contributed by atoms with van der Waals surface area (Å²) in [6.07, 6.45) is 7.91. The molecular weight excluding hydrogens is 750 g/mol. The van der Waals surface area contributed by atoms with E-state index in [9.17, 15) is 15.2 Å². The van der Waals surface area contributed by atoms with Crippen molar-refractivity contribution >= 4 is 50.9 Å². The highest BCUT2D eigenvalue weighted by molar-refractivity contribution is 6.43. The number of aromatic nitrogens is 3. The summed E-state index contributed by atoms with van der Waals surface area (Å²) in [4.78, 5) is 25.7. The predicted octanol–water partition coefficient (Wildman–Crippen LogP) is 9.14. The standard InChI is InChI=1S/C44H43Cl2FN6O3/c1-22(54)40-31-19-36(35-18-28(21-52(35)44(55)24-10-11-24)56-27-12-14-49-33(17-27)23-5-2-6-23)53(42-26-16-34(42)50-20-26)43(31)30-15-25(7-4-13-48)37(39(47)41(30)51-40)29-8-3-9-32(45)38(29)46/h3,8-9,12,14-15,17,19,22-24,26,28,34-35,42,50,54H,2,4-7,10-11,16,18,20-21H2,1H3. The van der Waals surface area contributed by atoms with Crippen molar-refractivity contribution in [3.05, 3.63) is 87.2 Å². The van der Waals surface area contributed by atoms with E-state index in [0.717, 1.165) is 66.7 Å². The molecule has 11 rings (SSSR count). The maximum atomic E-state index is 17.4. The van der Waals surface area contributed by atoms with Crippen molar-refractivity contribution in [3.63, 3.8) is 0 Å². The van der Waals surface area contributed by atoms with E-state index in [1.807, 2.05) is 23.2 Å². The number of amides is 1. The number of likely N-dealkylation sites (tertiary alicyclic amines) is 1. The number of rotatable bonds is 10. The van der Waals surface area contributed by atoms with Gasteiger partial charge in [-0.1, -0.05) is 41.8 Å². The second-order valence-corrected chi connectivity index (χ2v) is 17.3. The molecule has 3 aromatic heterocycles. The van der Waals surface area contributed by atoms with Gasteiger partial charge < -0.3 is 24.6 Å². The van der Waals surface area contributed by atoms with Crippen LogP contribution in [0.4, 0.5) is 4.39 Å². The first-order valence-electron chi connectivity index (χ1n) is 20.1. The normalized spacial score (nSPS) is 25.0. The monoisotopic (exact) mass is 792 g/mol. The van der Waals surface area contributed by atoms with Crippen molar-refractivity contribution in [3.8, 4) is 22.9 Å². The summed E-state index contributed by atoms with van der Waals surface area (Å²) in [5.41, 5.74) is 4.57. The predicted molar refractivity (Wildman–Crippen MR) is 213 cm³/mol. The van der Waals surface area contributed by atoms with Gasteiger partial charge in [-0.25, -0.2) is 9.37 Å². The van der Waals surface area contributed by atoms with Crippen LogP contribution in [0.25, 0.3) is 32.9 Å². The van der Waals surface area contributed by atoms with Crippen LogP contribution in [0, 0.1) is 29.0 Å². The second-order valence-electron chi connectivity index (χ2n) is 16.6. The van der Waals surface area contributed by atoms with E-state index >= 15 is 4.39 Å². The van der Waals surface area contributed by atoms with Crippen LogP contribution in [0.15, 0.2) is 48.7 Å². The molecular formula is C44H43Cl2FN6O3. The Labute approximate surface area is 334 Å². The summed E-state index contributed by atoms with van der Waals surface area (Å²) in [6.45, 7) is 2.98. The summed E-state index contributed by atoms with van der Waals surface area (Å²) in [5, 5.41) is 26.5. The summed E-state index contributed by atoms with van der Waals surface area (Å²) >= 11 is 13.2. The first-order chi connectivity index (χ1) is 27.2. The van der Waals surface area contributed by atoms with Gasteiger partial charge in [0, 0.05) is 82.8 Å². The van der Waals surface area contributed by atoms with Crippen LogP contribution in [-0.4, -0.2) is 55.7 Å². The van der Waals surface area contributed by atoms with Gasteiger partial charge in [-0.05, 0) is 81.2 Å². The van der Waals surface area contributed by atoms with Gasteiger partial charge in [0.1, 0.15) is 17.4 Å². The van der Waals surface area contributed by atoms with Crippen LogP contribution < -0.4 is 10.1 Å². The van der Waals surface area contributed by atoms with E-state index in [1.54, 1.807) is 25.1 Å². The molecule has 6 fully saturated rings. The summed E-state index contributed by atoms with van der Waals surface area (Å²) in [5.74, 6) is 1.17. The zero-order valence-electron chi connectivity index (χ0n) is 31.1. The molecule has 3 saturated carbocycles. The zero-order valence-corrected chi connectivity index (χ0v) is 32.7. The largest absolute Gasteiger partial charge is 0.488 e. The lowest BCUT2D eigenvalue weighted by molar-refractivity contribution is -0.133. The van der Waals surface area contributed by atoms with Gasteiger partial charge in [-0.3, -0.25) is 9.78 Å². The molecule has 2 N–H and O–H groups in total. The van der Waals surface area contributed by atoms with Crippen LogP contribution in [0.5, 0.6) is 5.75 Å². The highest BCUT2D eigenvalue weighted by Gasteiger charge is 2.51. The minimum absolute atomic E-state index is 0.00539. The first kappa shape index (κ1) is 36.1. The number of hydrogen-bond donors (Lipinski definition) is 2. The number of ether oxygens (including phenoxy) is 1. The van der Waals surface area contributed by atoms with Gasteiger partial charge in [0.15, 0.2) is 5.82 Å². The van der Waals surface area contributed by atoms with Crippen LogP contribution in [0.2, 0.25) is 10.0 Å². The number of hydrogen-bond acceptors (Lipinski definition) is 7. The Morgan fingerprint density at radius 3 is 2.68 bits per heavy atom. The van der Waals surface area contributed by atoms with Crippen molar-refractivity contribution in [2.24, 2.45) is 11.8 Å². The van der Waals surface area contributed by atoms with E-state index in [-0.39, 0.29) is 65.0 Å². The van der Waals surface area contributed by atoms with Crippen LogP contribution in [0.3, 0.4) is 0 Å². The fraction of sp³-hybridized carbons (Fsp3) is 0.455. The van der Waals surface area contributed by atoms with Gasteiger partial charge in [0.05, 0.1) is 52.1 Å². The topological polar surface area (TPSA) is 116 Å². The van der Waals surface area contributed by atoms with Crippen molar-refractivity contribution in [1.82, 2.24) is 24.8 Å². The molecule has 6 heterocycles. The second kappa shape index (κ2) is 14.0. The average Bonchev–Trinajstić information content (AvgIpc) is 3.44. The molecule has 6 aliphatic rings. The highest BCUT2D eigenvalue weighted by Crippen LogP contribution is 2.52. The van der Waals surface area contributed by atoms with Crippen LogP contribution >= 0.6 is 23.2 Å². The molecule has 0 spiro atoms. The van der Waals surface area contributed by atoms with Gasteiger partial charge in [0.25, 0.3) is 0 Å². The lowest BCUT2D eigenvalue weighted by Gasteiger charge is -2.39. The minimum Gasteiger partial charge on any atom is -0.488 e. The maximum absolute atomic E-state index is 17.4. The molecule has 6 unspecified atom stereocenters. The number of halogens is 3. The first-order valence-corrected chi connectivity index (χ1v) is 20.8. The van der Waals surface area contributed by atoms with E-state index < -0.39 is 11.9 Å². The molecule has 3 saturated heterocycles. The number of aliphatic hydroxyl groups excluding tert-OH is 1. The van der Waals surface area contributed by atoms with E-state index in [1.165, 1.54) is 6.42 Å². The number of nitriles is 1. The Hall–Kier alpha value is -4.27. The van der Waals surface area contributed by atoms with Gasteiger partial charge in [-0.15, -0.1) is 0 Å². The Bertz CT molecular complexity index is 2440. The SMILES string of the molecule is CC(O)c1nc2c(F)c(-c3cccc(Cl)c3Cl)c(CCC#N)cc2c2c1cc(C1CC(Oc3ccnc(C4CCC4)c3)CN1C(=O)C1CC1)n2C1C2CNC1C2. The third-order valence-electron chi connectivity index (χ3n) is 13.1. The number of aliphatic hydroxyl groups is 1. The number of nitrogens with one attached hydrogen (secondary N) is 1. The number of aryl methyl sites for hydroxylation is 1. The molecule has 12 heteroatoms. The summed E-state index contributed by atoms with van der Waals surface area (Å²) in [6, 6.07) is 15.3. The quantitative estimate of drug-likeness (QED) is 0.145. The van der Waals surface area contributed by atoms with Crippen molar-refractivity contribution in [2.45, 2.75) is 101 Å². The van der Waals surface area contributed by atoms with E-state index in [4.69, 9.17) is 32.9 Å².